The Hall–Kier alpha value is -2.00. The van der Waals surface area contributed by atoms with Gasteiger partial charge in [-0.15, -0.1) is 0 Å². The Labute approximate surface area is 221 Å². The summed E-state index contributed by atoms with van der Waals surface area (Å²) in [4.78, 5) is 0. The van der Waals surface area contributed by atoms with Gasteiger partial charge in [0, 0.05) is 6.04 Å². The minimum absolute atomic E-state index is 0.122. The number of aromatic hydroxyl groups is 2. The molecule has 0 aliphatic carbocycles. The molecule has 1 radical (unpaired) electrons. The van der Waals surface area contributed by atoms with Gasteiger partial charge in [-0.2, -0.15) is 0 Å². The quantitative estimate of drug-likeness (QED) is 0.353. The highest BCUT2D eigenvalue weighted by molar-refractivity contribution is 5.51. The fourth-order valence-electron chi connectivity index (χ4n) is 4.70. The van der Waals surface area contributed by atoms with E-state index in [-0.39, 0.29) is 27.7 Å². The lowest BCUT2D eigenvalue weighted by atomic mass is 9.77. The van der Waals surface area contributed by atoms with Crippen molar-refractivity contribution >= 4 is 0 Å². The molecule has 0 amide bonds. The number of unbranched alkanes of at least 4 members (excludes halogenated alkanes) is 1. The summed E-state index contributed by atoms with van der Waals surface area (Å²) in [6.45, 7) is 25.7. The topological polar surface area (TPSA) is 66.5 Å². The van der Waals surface area contributed by atoms with Crippen LogP contribution in [-0.2, 0) is 28.1 Å². The number of benzene rings is 2. The van der Waals surface area contributed by atoms with Crippen LogP contribution in [0.1, 0.15) is 135 Å². The van der Waals surface area contributed by atoms with Crippen molar-refractivity contribution in [2.45, 2.75) is 130 Å². The molecule has 0 saturated carbocycles. The van der Waals surface area contributed by atoms with Crippen molar-refractivity contribution in [1.82, 2.24) is 0 Å². The van der Waals surface area contributed by atoms with E-state index in [4.69, 9.17) is 5.73 Å². The minimum atomic E-state index is -0.169. The summed E-state index contributed by atoms with van der Waals surface area (Å²) in [5.41, 5.74) is 12.4. The van der Waals surface area contributed by atoms with Crippen molar-refractivity contribution in [3.63, 3.8) is 0 Å². The van der Waals surface area contributed by atoms with Gasteiger partial charge in [0.15, 0.2) is 0 Å². The summed E-state index contributed by atoms with van der Waals surface area (Å²) < 4.78 is 0. The number of hydrogen-bond donors (Lipinski definition) is 3. The first kappa shape index (κ1) is 30.2. The Morgan fingerprint density at radius 2 is 0.972 bits per heavy atom. The summed E-state index contributed by atoms with van der Waals surface area (Å²) in [7, 11) is 0. The number of phenols is 2. The largest absolute Gasteiger partial charge is 0.507 e. The average molecular weight is 495 g/mol. The minimum Gasteiger partial charge on any atom is -0.507 e. The number of rotatable bonds is 6. The molecule has 0 fully saturated rings. The first-order valence-corrected chi connectivity index (χ1v) is 13.5. The van der Waals surface area contributed by atoms with Crippen LogP contribution < -0.4 is 5.73 Å². The van der Waals surface area contributed by atoms with Crippen molar-refractivity contribution in [3.8, 4) is 11.5 Å². The zero-order valence-corrected chi connectivity index (χ0v) is 25.1. The SMILES string of the molecule is CC(C)(C)c1cc(CC[CH]CC(N)c2cc(C(C)(C)C)c(O)c(C(C)(C)C)c2)cc(C(C)(C)C)c1O. The second-order valence-corrected chi connectivity index (χ2v) is 14.7. The third-order valence-electron chi connectivity index (χ3n) is 7.02. The summed E-state index contributed by atoms with van der Waals surface area (Å²) in [5, 5.41) is 22.0. The zero-order chi connectivity index (χ0) is 27.9. The molecular formula is C33H52NO2. The van der Waals surface area contributed by atoms with Crippen LogP contribution in [0.3, 0.4) is 0 Å². The number of hydrogen-bond acceptors (Lipinski definition) is 3. The maximum absolute atomic E-state index is 11.0. The van der Waals surface area contributed by atoms with Gasteiger partial charge in [-0.3, -0.25) is 0 Å². The fourth-order valence-corrected chi connectivity index (χ4v) is 4.70. The highest BCUT2D eigenvalue weighted by Crippen LogP contribution is 2.42. The lowest BCUT2D eigenvalue weighted by Crippen LogP contribution is -2.20. The molecule has 2 rings (SSSR count). The monoisotopic (exact) mass is 494 g/mol. The fraction of sp³-hybridized carbons (Fsp3) is 0.606. The van der Waals surface area contributed by atoms with Gasteiger partial charge in [-0.05, 0) is 80.7 Å². The molecule has 3 heteroatoms. The van der Waals surface area contributed by atoms with E-state index in [1.54, 1.807) is 0 Å². The molecule has 0 aliphatic rings. The normalized spacial score (nSPS) is 14.2. The molecular weight excluding hydrogens is 442 g/mol. The van der Waals surface area contributed by atoms with Crippen LogP contribution in [0.4, 0.5) is 0 Å². The van der Waals surface area contributed by atoms with Crippen LogP contribution in [0.15, 0.2) is 24.3 Å². The Balaban J connectivity index is 2.22. The third kappa shape index (κ3) is 7.28. The molecule has 1 unspecified atom stereocenters. The van der Waals surface area contributed by atoms with Crippen LogP contribution in [0, 0.1) is 6.42 Å². The Morgan fingerprint density at radius 3 is 1.31 bits per heavy atom. The van der Waals surface area contributed by atoms with Crippen molar-refractivity contribution in [2.75, 3.05) is 0 Å². The molecule has 0 saturated heterocycles. The van der Waals surface area contributed by atoms with E-state index in [1.807, 2.05) is 0 Å². The molecule has 0 bridgehead atoms. The first-order chi connectivity index (χ1) is 16.1. The van der Waals surface area contributed by atoms with Gasteiger partial charge in [0.1, 0.15) is 11.5 Å². The maximum Gasteiger partial charge on any atom is 0.123 e. The average Bonchev–Trinajstić information content (AvgIpc) is 2.68. The molecule has 0 heterocycles. The van der Waals surface area contributed by atoms with Crippen LogP contribution in [0.5, 0.6) is 11.5 Å². The second-order valence-electron chi connectivity index (χ2n) is 14.7. The second kappa shape index (κ2) is 10.4. The molecule has 1 atom stereocenters. The predicted octanol–water partition coefficient (Wildman–Crippen LogP) is 8.51. The zero-order valence-electron chi connectivity index (χ0n) is 25.1. The highest BCUT2D eigenvalue weighted by atomic mass is 16.3. The van der Waals surface area contributed by atoms with Gasteiger partial charge in [-0.25, -0.2) is 0 Å². The van der Waals surface area contributed by atoms with E-state index in [1.165, 1.54) is 5.56 Å². The van der Waals surface area contributed by atoms with Gasteiger partial charge in [0.25, 0.3) is 0 Å². The number of phenolic OH excluding ortho intramolecular Hbond substituents is 2. The molecule has 0 spiro atoms. The molecule has 3 nitrogen and oxygen atoms in total. The molecule has 201 valence electrons. The summed E-state index contributed by atoms with van der Waals surface area (Å²) in [6.07, 6.45) is 4.89. The van der Waals surface area contributed by atoms with Crippen LogP contribution >= 0.6 is 0 Å². The molecule has 0 aromatic heterocycles. The van der Waals surface area contributed by atoms with E-state index in [0.717, 1.165) is 47.1 Å². The number of nitrogens with two attached hydrogens (primary N) is 1. The van der Waals surface area contributed by atoms with Crippen molar-refractivity contribution in [3.05, 3.63) is 64.1 Å². The van der Waals surface area contributed by atoms with Crippen molar-refractivity contribution < 1.29 is 10.2 Å². The smallest absolute Gasteiger partial charge is 0.123 e. The molecule has 36 heavy (non-hydrogen) atoms. The van der Waals surface area contributed by atoms with E-state index >= 15 is 0 Å². The van der Waals surface area contributed by atoms with Gasteiger partial charge >= 0.3 is 0 Å². The first-order valence-electron chi connectivity index (χ1n) is 13.5. The summed E-state index contributed by atoms with van der Waals surface area (Å²) in [6, 6.07) is 8.40. The van der Waals surface area contributed by atoms with Gasteiger partial charge in [0.2, 0.25) is 0 Å². The molecule has 4 N–H and O–H groups in total. The standard InChI is InChI=1S/C33H52NO2/c1-30(2,3)23-17-21(18-24(28(23)35)31(4,5)6)15-13-14-16-27(34)22-19-25(32(7,8)9)29(36)26(20-22)33(10,11)12/h14,17-20,27,35-36H,13,15-16,34H2,1-12H3. The third-order valence-corrected chi connectivity index (χ3v) is 7.02. The van der Waals surface area contributed by atoms with E-state index in [9.17, 15) is 10.2 Å². The molecule has 2 aromatic carbocycles. The van der Waals surface area contributed by atoms with Crippen LogP contribution in [0.25, 0.3) is 0 Å². The Kier molecular flexibility index (Phi) is 8.73. The lowest BCUT2D eigenvalue weighted by molar-refractivity contribution is 0.421. The van der Waals surface area contributed by atoms with E-state index in [2.05, 4.69) is 114 Å². The van der Waals surface area contributed by atoms with Crippen molar-refractivity contribution in [2.24, 2.45) is 5.73 Å². The van der Waals surface area contributed by atoms with Gasteiger partial charge < -0.3 is 15.9 Å². The summed E-state index contributed by atoms with van der Waals surface area (Å²) >= 11 is 0. The molecule has 0 aliphatic heterocycles. The van der Waals surface area contributed by atoms with Gasteiger partial charge in [-0.1, -0.05) is 107 Å². The maximum atomic E-state index is 11.0. The Morgan fingerprint density at radius 1 is 0.639 bits per heavy atom. The lowest BCUT2D eigenvalue weighted by Gasteiger charge is -2.29. The summed E-state index contributed by atoms with van der Waals surface area (Å²) in [5.74, 6) is 0.827. The van der Waals surface area contributed by atoms with E-state index < -0.39 is 0 Å². The predicted molar refractivity (Wildman–Crippen MR) is 155 cm³/mol. The number of aryl methyl sites for hydroxylation is 1. The van der Waals surface area contributed by atoms with E-state index in [0.29, 0.717) is 11.5 Å². The van der Waals surface area contributed by atoms with Gasteiger partial charge in [0.05, 0.1) is 0 Å². The molecule has 2 aromatic rings. The Bertz CT molecular complexity index is 983. The highest BCUT2D eigenvalue weighted by Gasteiger charge is 2.28. The van der Waals surface area contributed by atoms with Crippen LogP contribution in [0.2, 0.25) is 0 Å². The van der Waals surface area contributed by atoms with Crippen LogP contribution in [-0.4, -0.2) is 10.2 Å². The van der Waals surface area contributed by atoms with Crippen molar-refractivity contribution in [1.29, 1.82) is 0 Å².